The van der Waals surface area contributed by atoms with Crippen molar-refractivity contribution in [2.45, 2.75) is 18.7 Å². The zero-order valence-electron chi connectivity index (χ0n) is 15.5. The van der Waals surface area contributed by atoms with Gasteiger partial charge in [-0.05, 0) is 17.7 Å². The van der Waals surface area contributed by atoms with E-state index in [9.17, 15) is 13.6 Å². The normalized spacial score (nSPS) is 16.5. The minimum Gasteiger partial charge on any atom is -0.489 e. The van der Waals surface area contributed by atoms with Gasteiger partial charge in [0.25, 0.3) is 5.92 Å². The van der Waals surface area contributed by atoms with Crippen LogP contribution in [0, 0.1) is 0 Å². The molecule has 0 radical (unpaired) electrons. The van der Waals surface area contributed by atoms with E-state index >= 15 is 0 Å². The van der Waals surface area contributed by atoms with E-state index in [-0.39, 0.29) is 5.56 Å². The molecule has 0 aromatic heterocycles. The van der Waals surface area contributed by atoms with Gasteiger partial charge in [0.15, 0.2) is 6.29 Å². The highest BCUT2D eigenvalue weighted by atomic mass is 19.3. The molecule has 0 saturated carbocycles. The van der Waals surface area contributed by atoms with Gasteiger partial charge in [-0.25, -0.2) is 0 Å². The first-order chi connectivity index (χ1) is 13.6. The summed E-state index contributed by atoms with van der Waals surface area (Å²) < 4.78 is 40.2. The number of aldehydes is 1. The highest BCUT2D eigenvalue weighted by Crippen LogP contribution is 2.30. The molecular weight excluding hydrogens is 366 g/mol. The number of halogens is 2. The molecule has 28 heavy (non-hydrogen) atoms. The molecule has 0 spiro atoms. The Morgan fingerprint density at radius 3 is 2.61 bits per heavy atom. The second-order valence-corrected chi connectivity index (χ2v) is 6.62. The van der Waals surface area contributed by atoms with E-state index in [4.69, 9.17) is 9.47 Å². The zero-order valence-corrected chi connectivity index (χ0v) is 15.5. The van der Waals surface area contributed by atoms with Crippen LogP contribution in [0.4, 0.5) is 8.78 Å². The first kappa shape index (κ1) is 20.4. The summed E-state index contributed by atoms with van der Waals surface area (Å²) in [5.74, 6) is -2.76. The molecule has 1 heterocycles. The molecule has 0 aliphatic carbocycles. The standard InChI is InChI=1S/C21H24F2N2O3/c22-21(23,16-24-20(14-26)25-9-11-27-12-10-25)18-7-4-8-19(13-18)28-15-17-5-2-1-3-6-17/h1-8,13-14,20,24H,9-12,15-16H2. The topological polar surface area (TPSA) is 50.8 Å². The summed E-state index contributed by atoms with van der Waals surface area (Å²) in [6.45, 7) is 1.70. The van der Waals surface area contributed by atoms with E-state index in [2.05, 4.69) is 5.32 Å². The average Bonchev–Trinajstić information content (AvgIpc) is 2.74. The Kier molecular flexibility index (Phi) is 7.08. The molecule has 1 aliphatic heterocycles. The first-order valence-electron chi connectivity index (χ1n) is 9.24. The Morgan fingerprint density at radius 1 is 1.14 bits per heavy atom. The predicted molar refractivity (Wildman–Crippen MR) is 101 cm³/mol. The van der Waals surface area contributed by atoms with Crippen LogP contribution in [0.5, 0.6) is 5.75 Å². The Balaban J connectivity index is 1.59. The molecule has 150 valence electrons. The van der Waals surface area contributed by atoms with Crippen LogP contribution in [0.2, 0.25) is 0 Å². The maximum absolute atomic E-state index is 14.7. The second kappa shape index (κ2) is 9.73. The van der Waals surface area contributed by atoms with Crippen LogP contribution in [0.25, 0.3) is 0 Å². The van der Waals surface area contributed by atoms with Crippen LogP contribution in [0.15, 0.2) is 54.6 Å². The number of hydrogen-bond donors (Lipinski definition) is 1. The molecule has 1 aliphatic rings. The lowest BCUT2D eigenvalue weighted by atomic mass is 10.1. The largest absolute Gasteiger partial charge is 0.489 e. The van der Waals surface area contributed by atoms with Crippen molar-refractivity contribution in [2.75, 3.05) is 32.8 Å². The van der Waals surface area contributed by atoms with E-state index in [0.29, 0.717) is 44.9 Å². The average molecular weight is 390 g/mol. The fourth-order valence-corrected chi connectivity index (χ4v) is 3.01. The quantitative estimate of drug-likeness (QED) is 0.668. The van der Waals surface area contributed by atoms with Crippen molar-refractivity contribution < 1.29 is 23.0 Å². The third-order valence-electron chi connectivity index (χ3n) is 4.61. The first-order valence-corrected chi connectivity index (χ1v) is 9.24. The molecule has 3 rings (SSSR count). The molecule has 1 fully saturated rings. The lowest BCUT2D eigenvalue weighted by Crippen LogP contribution is -2.53. The third-order valence-corrected chi connectivity index (χ3v) is 4.61. The van der Waals surface area contributed by atoms with Gasteiger partial charge in [0.05, 0.1) is 19.8 Å². The van der Waals surface area contributed by atoms with Gasteiger partial charge in [0.1, 0.15) is 18.5 Å². The molecule has 0 bridgehead atoms. The van der Waals surface area contributed by atoms with Gasteiger partial charge in [0.2, 0.25) is 0 Å². The summed E-state index contributed by atoms with van der Waals surface area (Å²) in [4.78, 5) is 13.1. The summed E-state index contributed by atoms with van der Waals surface area (Å²) in [5.41, 5.74) is 0.804. The number of benzene rings is 2. The van der Waals surface area contributed by atoms with Crippen LogP contribution in [-0.2, 0) is 22.1 Å². The maximum atomic E-state index is 14.7. The van der Waals surface area contributed by atoms with Gasteiger partial charge in [-0.2, -0.15) is 8.78 Å². The molecule has 1 saturated heterocycles. The van der Waals surface area contributed by atoms with Gasteiger partial charge in [-0.15, -0.1) is 0 Å². The molecule has 7 heteroatoms. The number of alkyl halides is 2. The maximum Gasteiger partial charge on any atom is 0.285 e. The van der Waals surface area contributed by atoms with E-state index in [0.717, 1.165) is 5.56 Å². The van der Waals surface area contributed by atoms with Crippen LogP contribution in [0.1, 0.15) is 11.1 Å². The Hall–Kier alpha value is -2.35. The van der Waals surface area contributed by atoms with Crippen LogP contribution < -0.4 is 10.1 Å². The fourth-order valence-electron chi connectivity index (χ4n) is 3.01. The van der Waals surface area contributed by atoms with Crippen molar-refractivity contribution >= 4 is 6.29 Å². The van der Waals surface area contributed by atoms with Gasteiger partial charge < -0.3 is 14.3 Å². The molecule has 1 atom stereocenters. The van der Waals surface area contributed by atoms with Gasteiger partial charge in [0, 0.05) is 18.7 Å². The summed E-state index contributed by atoms with van der Waals surface area (Å²) in [6.07, 6.45) is -0.104. The minimum absolute atomic E-state index is 0.155. The fraction of sp³-hybridized carbons (Fsp3) is 0.381. The number of ether oxygens (including phenoxy) is 2. The van der Waals surface area contributed by atoms with Crippen molar-refractivity contribution in [3.05, 3.63) is 65.7 Å². The smallest absolute Gasteiger partial charge is 0.285 e. The van der Waals surface area contributed by atoms with E-state index in [1.165, 1.54) is 12.1 Å². The minimum atomic E-state index is -3.14. The molecular formula is C21H24F2N2O3. The summed E-state index contributed by atoms with van der Waals surface area (Å²) >= 11 is 0. The zero-order chi connectivity index (χ0) is 19.8. The number of nitrogens with zero attached hydrogens (tertiary/aromatic N) is 1. The summed E-state index contributed by atoms with van der Waals surface area (Å²) in [7, 11) is 0. The van der Waals surface area contributed by atoms with Crippen molar-refractivity contribution in [2.24, 2.45) is 0 Å². The second-order valence-electron chi connectivity index (χ2n) is 6.62. The van der Waals surface area contributed by atoms with Crippen LogP contribution in [0.3, 0.4) is 0 Å². The number of hydrogen-bond acceptors (Lipinski definition) is 5. The SMILES string of the molecule is O=CC(NCC(F)(F)c1cccc(OCc2ccccc2)c1)N1CCOCC1. The van der Waals surface area contributed by atoms with E-state index in [1.807, 2.05) is 30.3 Å². The van der Waals surface area contributed by atoms with Crippen molar-refractivity contribution in [1.82, 2.24) is 10.2 Å². The molecule has 1 unspecified atom stereocenters. The van der Waals surface area contributed by atoms with Gasteiger partial charge in [-0.1, -0.05) is 42.5 Å². The number of nitrogens with one attached hydrogen (secondary N) is 1. The van der Waals surface area contributed by atoms with E-state index in [1.54, 1.807) is 17.0 Å². The Labute approximate surface area is 163 Å². The molecule has 2 aromatic rings. The lowest BCUT2D eigenvalue weighted by molar-refractivity contribution is -0.116. The highest BCUT2D eigenvalue weighted by Gasteiger charge is 2.33. The molecule has 1 N–H and O–H groups in total. The Bertz CT molecular complexity index is 752. The number of carbonyl (C=O) groups excluding carboxylic acids is 1. The predicted octanol–water partition coefficient (Wildman–Crippen LogP) is 2.80. The van der Waals surface area contributed by atoms with Gasteiger partial charge in [-0.3, -0.25) is 10.2 Å². The van der Waals surface area contributed by atoms with Crippen LogP contribution >= 0.6 is 0 Å². The van der Waals surface area contributed by atoms with Crippen molar-refractivity contribution in [3.8, 4) is 5.75 Å². The lowest BCUT2D eigenvalue weighted by Gasteiger charge is -2.32. The third kappa shape index (κ3) is 5.58. The van der Waals surface area contributed by atoms with E-state index < -0.39 is 18.6 Å². The highest BCUT2D eigenvalue weighted by molar-refractivity contribution is 5.57. The van der Waals surface area contributed by atoms with Gasteiger partial charge >= 0.3 is 0 Å². The number of morpholine rings is 1. The summed E-state index contributed by atoms with van der Waals surface area (Å²) in [5, 5.41) is 2.67. The molecule has 5 nitrogen and oxygen atoms in total. The molecule has 0 amide bonds. The Morgan fingerprint density at radius 2 is 1.89 bits per heavy atom. The number of carbonyl (C=O) groups is 1. The monoisotopic (exact) mass is 390 g/mol. The van der Waals surface area contributed by atoms with Crippen molar-refractivity contribution in [1.29, 1.82) is 0 Å². The van der Waals surface area contributed by atoms with Crippen LogP contribution in [-0.4, -0.2) is 50.2 Å². The number of rotatable bonds is 9. The van der Waals surface area contributed by atoms with Crippen molar-refractivity contribution in [3.63, 3.8) is 0 Å². The summed E-state index contributed by atoms with van der Waals surface area (Å²) in [6, 6.07) is 15.4. The molecule has 2 aromatic carbocycles.